The Morgan fingerprint density at radius 3 is 3.05 bits per heavy atom. The van der Waals surface area contributed by atoms with Crippen molar-refractivity contribution in [3.05, 3.63) is 27.6 Å². The highest BCUT2D eigenvalue weighted by Crippen LogP contribution is 2.25. The van der Waals surface area contributed by atoms with Gasteiger partial charge in [0, 0.05) is 22.7 Å². The Bertz CT molecular complexity index is 486. The van der Waals surface area contributed by atoms with Crippen LogP contribution in [0.5, 0.6) is 0 Å². The first-order chi connectivity index (χ1) is 8.97. The van der Waals surface area contributed by atoms with Crippen LogP contribution in [0.4, 0.5) is 10.1 Å². The Kier molecular flexibility index (Phi) is 4.58. The van der Waals surface area contributed by atoms with Crippen molar-refractivity contribution in [3.63, 3.8) is 0 Å². The van der Waals surface area contributed by atoms with E-state index in [1.54, 1.807) is 17.0 Å². The van der Waals surface area contributed by atoms with Gasteiger partial charge < -0.3 is 20.1 Å². The molecule has 19 heavy (non-hydrogen) atoms. The first-order valence-electron chi connectivity index (χ1n) is 5.77. The molecule has 1 amide bonds. The number of benzene rings is 1. The lowest BCUT2D eigenvalue weighted by Gasteiger charge is -2.20. The fourth-order valence-corrected chi connectivity index (χ4v) is 2.20. The molecule has 1 aromatic rings. The number of hydrogen-bond acceptors (Lipinski definition) is 4. The lowest BCUT2D eigenvalue weighted by atomic mass is 10.2. The lowest BCUT2D eigenvalue weighted by molar-refractivity contribution is -0.121. The Labute approximate surface area is 123 Å². The monoisotopic (exact) mass is 380 g/mol. The largest absolute Gasteiger partial charge is 0.354 e. The number of hydrogen-bond donors (Lipinski definition) is 2. The summed E-state index contributed by atoms with van der Waals surface area (Å²) in [5.41, 5.74) is 0.552. The summed E-state index contributed by atoms with van der Waals surface area (Å²) in [6.45, 7) is 2.12. The van der Waals surface area contributed by atoms with Gasteiger partial charge in [0.1, 0.15) is 5.82 Å². The molecule has 0 radical (unpaired) electrons. The van der Waals surface area contributed by atoms with Crippen LogP contribution in [-0.2, 0) is 9.53 Å². The van der Waals surface area contributed by atoms with E-state index in [0.717, 1.165) is 0 Å². The summed E-state index contributed by atoms with van der Waals surface area (Å²) < 4.78 is 19.3. The van der Waals surface area contributed by atoms with Crippen LogP contribution in [0.3, 0.4) is 0 Å². The van der Waals surface area contributed by atoms with E-state index in [0.29, 0.717) is 22.3 Å². The van der Waals surface area contributed by atoms with E-state index < -0.39 is 6.41 Å². The highest BCUT2D eigenvalue weighted by Gasteiger charge is 2.31. The van der Waals surface area contributed by atoms with E-state index in [1.165, 1.54) is 13.0 Å². The molecule has 0 aromatic heterocycles. The van der Waals surface area contributed by atoms with Crippen LogP contribution in [0.25, 0.3) is 0 Å². The number of halogens is 2. The van der Waals surface area contributed by atoms with Crippen molar-refractivity contribution >= 4 is 34.2 Å². The van der Waals surface area contributed by atoms with Gasteiger partial charge in [-0.1, -0.05) is 0 Å². The van der Waals surface area contributed by atoms with Crippen molar-refractivity contribution in [1.29, 1.82) is 0 Å². The lowest BCUT2D eigenvalue weighted by Crippen LogP contribution is -2.33. The van der Waals surface area contributed by atoms with Crippen LogP contribution in [0, 0.1) is 9.39 Å². The maximum absolute atomic E-state index is 13.5. The minimum Gasteiger partial charge on any atom is -0.354 e. The highest BCUT2D eigenvalue weighted by molar-refractivity contribution is 14.1. The molecule has 0 bridgehead atoms. The van der Waals surface area contributed by atoms with Gasteiger partial charge in [-0.05, 0) is 40.8 Å². The van der Waals surface area contributed by atoms with Crippen molar-refractivity contribution in [1.82, 2.24) is 5.32 Å². The van der Waals surface area contributed by atoms with Gasteiger partial charge in [0.2, 0.25) is 12.3 Å². The second-order valence-electron chi connectivity index (χ2n) is 4.27. The molecule has 0 saturated carbocycles. The number of nitrogens with one attached hydrogen (secondary N) is 1. The number of aliphatic hydroxyl groups is 1. The van der Waals surface area contributed by atoms with E-state index >= 15 is 0 Å². The molecule has 1 unspecified atom stereocenters. The molecule has 1 aliphatic rings. The Morgan fingerprint density at radius 1 is 1.68 bits per heavy atom. The summed E-state index contributed by atoms with van der Waals surface area (Å²) in [4.78, 5) is 12.4. The normalized spacial score (nSPS) is 22.6. The van der Waals surface area contributed by atoms with Crippen LogP contribution >= 0.6 is 22.6 Å². The van der Waals surface area contributed by atoms with E-state index in [1.807, 2.05) is 22.6 Å². The van der Waals surface area contributed by atoms with E-state index in [-0.39, 0.29) is 17.8 Å². The predicted molar refractivity (Wildman–Crippen MR) is 76.0 cm³/mol. The fraction of sp³-hybridized carbons (Fsp3) is 0.417. The molecule has 1 aromatic carbocycles. The minimum absolute atomic E-state index is 0.156. The maximum atomic E-state index is 13.5. The standard InChI is InChI=1S/C12H14FIN2O3/c1-7(17)15-5-9-6-16(12(18)19-9)8-2-3-11(14)10(13)4-8/h2-4,9,12,18H,5-6H2,1H3,(H,15,17)/t9-,12?/m0/s1. The highest BCUT2D eigenvalue weighted by atomic mass is 127. The third-order valence-electron chi connectivity index (χ3n) is 2.79. The number of anilines is 1. The summed E-state index contributed by atoms with van der Waals surface area (Å²) in [5.74, 6) is -0.493. The Balaban J connectivity index is 2.04. The van der Waals surface area contributed by atoms with Crippen molar-refractivity contribution in [2.75, 3.05) is 18.0 Å². The third-order valence-corrected chi connectivity index (χ3v) is 3.67. The quantitative estimate of drug-likeness (QED) is 0.770. The molecule has 2 N–H and O–H groups in total. The third kappa shape index (κ3) is 3.54. The number of aliphatic hydroxyl groups excluding tert-OH is 1. The number of ether oxygens (including phenoxy) is 1. The SMILES string of the molecule is CC(=O)NC[C@H]1CN(c2ccc(I)c(F)c2)C(O)O1. The average molecular weight is 380 g/mol. The molecule has 1 heterocycles. The van der Waals surface area contributed by atoms with Crippen molar-refractivity contribution in [2.24, 2.45) is 0 Å². The average Bonchev–Trinajstić information content (AvgIpc) is 2.72. The van der Waals surface area contributed by atoms with Crippen molar-refractivity contribution in [2.45, 2.75) is 19.4 Å². The molecule has 0 spiro atoms. The smallest absolute Gasteiger partial charge is 0.238 e. The molecule has 0 aliphatic carbocycles. The van der Waals surface area contributed by atoms with Crippen molar-refractivity contribution in [3.8, 4) is 0 Å². The molecular weight excluding hydrogens is 366 g/mol. The van der Waals surface area contributed by atoms with Crippen LogP contribution in [0.1, 0.15) is 6.92 Å². The zero-order valence-corrected chi connectivity index (χ0v) is 12.4. The number of carbonyl (C=O) groups is 1. The van der Waals surface area contributed by atoms with Gasteiger partial charge >= 0.3 is 0 Å². The van der Waals surface area contributed by atoms with Crippen molar-refractivity contribution < 1.29 is 19.0 Å². The Morgan fingerprint density at radius 2 is 2.42 bits per heavy atom. The fourth-order valence-electron chi connectivity index (χ4n) is 1.87. The van der Waals surface area contributed by atoms with Gasteiger partial charge in [-0.3, -0.25) is 4.79 Å². The van der Waals surface area contributed by atoms with Gasteiger partial charge in [-0.2, -0.15) is 0 Å². The summed E-state index contributed by atoms with van der Waals surface area (Å²) in [6, 6.07) is 4.71. The van der Waals surface area contributed by atoms with E-state index in [9.17, 15) is 14.3 Å². The second-order valence-corrected chi connectivity index (χ2v) is 5.43. The molecule has 5 nitrogen and oxygen atoms in total. The maximum Gasteiger partial charge on any atom is 0.238 e. The minimum atomic E-state index is -1.13. The van der Waals surface area contributed by atoms with Crippen LogP contribution in [0.15, 0.2) is 18.2 Å². The number of nitrogens with zero attached hydrogens (tertiary/aromatic N) is 1. The predicted octanol–water partition coefficient (Wildman–Crippen LogP) is 1.05. The summed E-state index contributed by atoms with van der Waals surface area (Å²) in [6.07, 6.45) is -1.44. The summed E-state index contributed by atoms with van der Waals surface area (Å²) in [5, 5.41) is 12.4. The molecular formula is C12H14FIN2O3. The van der Waals surface area contributed by atoms with Gasteiger partial charge in [0.15, 0.2) is 0 Å². The van der Waals surface area contributed by atoms with Gasteiger partial charge in [-0.25, -0.2) is 4.39 Å². The second kappa shape index (κ2) is 6.02. The number of amides is 1. The molecule has 2 rings (SSSR count). The van der Waals surface area contributed by atoms with E-state index in [4.69, 9.17) is 4.74 Å². The molecule has 2 atom stereocenters. The number of rotatable bonds is 3. The molecule has 1 aliphatic heterocycles. The van der Waals surface area contributed by atoms with Crippen LogP contribution in [-0.4, -0.2) is 36.6 Å². The summed E-state index contributed by atoms with van der Waals surface area (Å²) in [7, 11) is 0. The topological polar surface area (TPSA) is 61.8 Å². The molecule has 104 valence electrons. The van der Waals surface area contributed by atoms with Crippen LogP contribution < -0.4 is 10.2 Å². The number of carbonyl (C=O) groups excluding carboxylic acids is 1. The molecule has 1 fully saturated rings. The molecule has 7 heteroatoms. The zero-order valence-electron chi connectivity index (χ0n) is 10.3. The van der Waals surface area contributed by atoms with Crippen LogP contribution in [0.2, 0.25) is 0 Å². The van der Waals surface area contributed by atoms with Gasteiger partial charge in [-0.15, -0.1) is 0 Å². The Hall–Kier alpha value is -0.930. The zero-order chi connectivity index (χ0) is 14.0. The summed E-state index contributed by atoms with van der Waals surface area (Å²) >= 11 is 1.90. The van der Waals surface area contributed by atoms with E-state index in [2.05, 4.69) is 5.32 Å². The van der Waals surface area contributed by atoms with Gasteiger partial charge in [0.05, 0.1) is 12.6 Å². The van der Waals surface area contributed by atoms with Gasteiger partial charge in [0.25, 0.3) is 0 Å². The first kappa shape index (κ1) is 14.5. The first-order valence-corrected chi connectivity index (χ1v) is 6.85. The molecule has 1 saturated heterocycles.